The second-order valence-corrected chi connectivity index (χ2v) is 6.37. The average molecular weight is 297 g/mol. The minimum atomic E-state index is 0.456. The summed E-state index contributed by atoms with van der Waals surface area (Å²) in [7, 11) is 0. The summed E-state index contributed by atoms with van der Waals surface area (Å²) in [5, 5.41) is 7.31. The van der Waals surface area contributed by atoms with E-state index in [0.29, 0.717) is 22.9 Å². The Labute approximate surface area is 126 Å². The zero-order valence-electron chi connectivity index (χ0n) is 12.6. The first-order valence-electron chi connectivity index (χ1n) is 7.63. The van der Waals surface area contributed by atoms with Crippen molar-refractivity contribution < 1.29 is 0 Å². The minimum absolute atomic E-state index is 0.456. The Balaban J connectivity index is 2.04. The molecule has 1 fully saturated rings. The predicted molar refractivity (Wildman–Crippen MR) is 85.4 cm³/mol. The fourth-order valence-corrected chi connectivity index (χ4v) is 2.99. The molecule has 1 aliphatic carbocycles. The Morgan fingerprint density at radius 2 is 2.15 bits per heavy atom. The standard InChI is InChI=1S/C15H25ClN4/c1-4-7-17-15-18-9-12(16)14(20-15)19-13-6-5-10(2)8-11(13)3/h9-11,13H,4-8H2,1-3H3,(H2,17,18,19,20). The van der Waals surface area contributed by atoms with Gasteiger partial charge in [-0.05, 0) is 37.5 Å². The molecule has 0 spiro atoms. The summed E-state index contributed by atoms with van der Waals surface area (Å²) < 4.78 is 0. The van der Waals surface area contributed by atoms with Gasteiger partial charge in [-0.3, -0.25) is 0 Å². The fourth-order valence-electron chi connectivity index (χ4n) is 2.85. The first kappa shape index (κ1) is 15.4. The van der Waals surface area contributed by atoms with Crippen molar-refractivity contribution in [2.24, 2.45) is 11.8 Å². The maximum Gasteiger partial charge on any atom is 0.224 e. The largest absolute Gasteiger partial charge is 0.366 e. The summed E-state index contributed by atoms with van der Waals surface area (Å²) in [5.74, 6) is 2.88. The Morgan fingerprint density at radius 3 is 2.85 bits per heavy atom. The lowest BCUT2D eigenvalue weighted by Gasteiger charge is -2.33. The lowest BCUT2D eigenvalue weighted by atomic mass is 9.80. The van der Waals surface area contributed by atoms with Gasteiger partial charge in [-0.25, -0.2) is 4.98 Å². The number of anilines is 2. The van der Waals surface area contributed by atoms with Gasteiger partial charge in [0.2, 0.25) is 5.95 Å². The molecule has 5 heteroatoms. The van der Waals surface area contributed by atoms with Crippen molar-refractivity contribution in [2.45, 2.75) is 52.5 Å². The molecule has 2 rings (SSSR count). The predicted octanol–water partition coefficient (Wildman–Crippen LogP) is 4.19. The molecular formula is C15H25ClN4. The average Bonchev–Trinajstić information content (AvgIpc) is 2.42. The Bertz CT molecular complexity index is 438. The van der Waals surface area contributed by atoms with Crippen LogP contribution < -0.4 is 10.6 Å². The number of hydrogen-bond donors (Lipinski definition) is 2. The number of nitrogens with zero attached hydrogens (tertiary/aromatic N) is 2. The van der Waals surface area contributed by atoms with Crippen molar-refractivity contribution in [2.75, 3.05) is 17.2 Å². The highest BCUT2D eigenvalue weighted by molar-refractivity contribution is 6.32. The normalized spacial score (nSPS) is 26.3. The van der Waals surface area contributed by atoms with Crippen LogP contribution >= 0.6 is 11.6 Å². The lowest BCUT2D eigenvalue weighted by molar-refractivity contribution is 0.276. The third-order valence-electron chi connectivity index (χ3n) is 4.03. The molecule has 0 aromatic carbocycles. The first-order chi connectivity index (χ1) is 9.60. The maximum atomic E-state index is 6.21. The van der Waals surface area contributed by atoms with E-state index in [1.54, 1.807) is 6.20 Å². The molecule has 0 aliphatic heterocycles. The van der Waals surface area contributed by atoms with Gasteiger partial charge in [0.15, 0.2) is 5.82 Å². The molecule has 0 radical (unpaired) electrons. The molecule has 1 aliphatic rings. The molecule has 0 amide bonds. The molecule has 2 N–H and O–H groups in total. The maximum absolute atomic E-state index is 6.21. The van der Waals surface area contributed by atoms with E-state index in [2.05, 4.69) is 41.4 Å². The zero-order valence-corrected chi connectivity index (χ0v) is 13.4. The van der Waals surface area contributed by atoms with Gasteiger partial charge in [0.25, 0.3) is 0 Å². The molecule has 3 unspecified atom stereocenters. The van der Waals surface area contributed by atoms with E-state index in [1.165, 1.54) is 19.3 Å². The highest BCUT2D eigenvalue weighted by Crippen LogP contribution is 2.32. The summed E-state index contributed by atoms with van der Waals surface area (Å²) in [6.45, 7) is 7.63. The van der Waals surface area contributed by atoms with Crippen molar-refractivity contribution >= 4 is 23.4 Å². The number of halogens is 1. The van der Waals surface area contributed by atoms with E-state index in [4.69, 9.17) is 11.6 Å². The second kappa shape index (κ2) is 7.11. The first-order valence-corrected chi connectivity index (χ1v) is 8.01. The van der Waals surface area contributed by atoms with E-state index < -0.39 is 0 Å². The van der Waals surface area contributed by atoms with Crippen LogP contribution in [0.4, 0.5) is 11.8 Å². The van der Waals surface area contributed by atoms with Gasteiger partial charge in [-0.2, -0.15) is 4.98 Å². The summed E-state index contributed by atoms with van der Waals surface area (Å²) in [5.41, 5.74) is 0. The molecule has 20 heavy (non-hydrogen) atoms. The topological polar surface area (TPSA) is 49.8 Å². The van der Waals surface area contributed by atoms with Crippen LogP contribution in [-0.4, -0.2) is 22.6 Å². The van der Waals surface area contributed by atoms with E-state index in [9.17, 15) is 0 Å². The monoisotopic (exact) mass is 296 g/mol. The van der Waals surface area contributed by atoms with Crippen LogP contribution in [0.1, 0.15) is 46.5 Å². The van der Waals surface area contributed by atoms with Crippen LogP contribution in [0, 0.1) is 11.8 Å². The molecule has 1 saturated carbocycles. The molecule has 4 nitrogen and oxygen atoms in total. The number of aromatic nitrogens is 2. The van der Waals surface area contributed by atoms with Crippen LogP contribution in [0.25, 0.3) is 0 Å². The molecule has 1 aromatic rings. The van der Waals surface area contributed by atoms with E-state index in [0.717, 1.165) is 24.7 Å². The number of hydrogen-bond acceptors (Lipinski definition) is 4. The Hall–Kier alpha value is -1.03. The van der Waals surface area contributed by atoms with Crippen molar-refractivity contribution in [1.82, 2.24) is 9.97 Å². The SMILES string of the molecule is CCCNc1ncc(Cl)c(NC2CCC(C)CC2C)n1. The molecule has 1 aromatic heterocycles. The van der Waals surface area contributed by atoms with Gasteiger partial charge >= 0.3 is 0 Å². The van der Waals surface area contributed by atoms with Crippen LogP contribution in [0.15, 0.2) is 6.20 Å². The highest BCUT2D eigenvalue weighted by Gasteiger charge is 2.26. The second-order valence-electron chi connectivity index (χ2n) is 5.96. The van der Waals surface area contributed by atoms with Gasteiger partial charge < -0.3 is 10.6 Å². The van der Waals surface area contributed by atoms with Gasteiger partial charge in [0.1, 0.15) is 5.02 Å². The molecule has 0 saturated heterocycles. The summed E-state index contributed by atoms with van der Waals surface area (Å²) >= 11 is 6.21. The van der Waals surface area contributed by atoms with Crippen molar-refractivity contribution in [3.63, 3.8) is 0 Å². The van der Waals surface area contributed by atoms with Crippen molar-refractivity contribution in [1.29, 1.82) is 0 Å². The highest BCUT2D eigenvalue weighted by atomic mass is 35.5. The van der Waals surface area contributed by atoms with E-state index in [-0.39, 0.29) is 0 Å². The zero-order chi connectivity index (χ0) is 14.5. The Kier molecular flexibility index (Phi) is 5.46. The van der Waals surface area contributed by atoms with Crippen molar-refractivity contribution in [3.8, 4) is 0 Å². The van der Waals surface area contributed by atoms with Gasteiger partial charge in [0.05, 0.1) is 6.20 Å². The molecular weight excluding hydrogens is 272 g/mol. The van der Waals surface area contributed by atoms with Crippen LogP contribution in [0.2, 0.25) is 5.02 Å². The summed E-state index contributed by atoms with van der Waals surface area (Å²) in [4.78, 5) is 8.70. The lowest BCUT2D eigenvalue weighted by Crippen LogP contribution is -2.33. The van der Waals surface area contributed by atoms with Crippen LogP contribution in [-0.2, 0) is 0 Å². The third kappa shape index (κ3) is 3.98. The number of nitrogens with one attached hydrogen (secondary N) is 2. The van der Waals surface area contributed by atoms with Crippen LogP contribution in [0.3, 0.4) is 0 Å². The van der Waals surface area contributed by atoms with Gasteiger partial charge in [-0.1, -0.05) is 32.4 Å². The number of rotatable bonds is 5. The third-order valence-corrected chi connectivity index (χ3v) is 4.31. The molecule has 1 heterocycles. The smallest absolute Gasteiger partial charge is 0.224 e. The van der Waals surface area contributed by atoms with E-state index in [1.807, 2.05) is 0 Å². The minimum Gasteiger partial charge on any atom is -0.366 e. The summed E-state index contributed by atoms with van der Waals surface area (Å²) in [6, 6.07) is 0.456. The fraction of sp³-hybridized carbons (Fsp3) is 0.733. The Morgan fingerprint density at radius 1 is 1.35 bits per heavy atom. The van der Waals surface area contributed by atoms with Crippen LogP contribution in [0.5, 0.6) is 0 Å². The van der Waals surface area contributed by atoms with E-state index >= 15 is 0 Å². The molecule has 0 bridgehead atoms. The van der Waals surface area contributed by atoms with Crippen molar-refractivity contribution in [3.05, 3.63) is 11.2 Å². The quantitative estimate of drug-likeness (QED) is 0.855. The molecule has 112 valence electrons. The van der Waals surface area contributed by atoms with Gasteiger partial charge in [-0.15, -0.1) is 0 Å². The molecule has 3 atom stereocenters. The summed E-state index contributed by atoms with van der Waals surface area (Å²) in [6.07, 6.45) is 6.44. The van der Waals surface area contributed by atoms with Gasteiger partial charge in [0, 0.05) is 12.6 Å².